The fourth-order valence-corrected chi connectivity index (χ4v) is 3.29. The van der Waals surface area contributed by atoms with Crippen LogP contribution in [0.4, 0.5) is 0 Å². The van der Waals surface area contributed by atoms with Gasteiger partial charge in [0, 0.05) is 0 Å². The molecule has 25 heavy (non-hydrogen) atoms. The fourth-order valence-electron chi connectivity index (χ4n) is 3.29. The molecule has 0 bridgehead atoms. The van der Waals surface area contributed by atoms with Crippen molar-refractivity contribution < 1.29 is 9.53 Å². The summed E-state index contributed by atoms with van der Waals surface area (Å²) in [5.74, 6) is 0.529. The number of aromatic nitrogens is 3. The van der Waals surface area contributed by atoms with E-state index in [-0.39, 0.29) is 23.2 Å². The van der Waals surface area contributed by atoms with Crippen molar-refractivity contribution in [2.75, 3.05) is 7.11 Å². The first kappa shape index (κ1) is 15.3. The molecule has 0 radical (unpaired) electrons. The van der Waals surface area contributed by atoms with Gasteiger partial charge in [0.25, 0.3) is 11.5 Å². The smallest absolute Gasteiger partial charge is 0.270 e. The lowest BCUT2D eigenvalue weighted by molar-refractivity contribution is 0.0932. The van der Waals surface area contributed by atoms with E-state index in [1.807, 2.05) is 18.2 Å². The van der Waals surface area contributed by atoms with Gasteiger partial charge in [-0.3, -0.25) is 9.59 Å². The van der Waals surface area contributed by atoms with E-state index in [0.717, 1.165) is 29.7 Å². The number of nitrogens with zero attached hydrogens (tertiary/aromatic N) is 2. The number of methoxy groups -OCH3 is 1. The van der Waals surface area contributed by atoms with Crippen LogP contribution in [0.5, 0.6) is 5.75 Å². The van der Waals surface area contributed by atoms with Crippen LogP contribution in [0.2, 0.25) is 0 Å². The Balaban J connectivity index is 1.62. The zero-order valence-corrected chi connectivity index (χ0v) is 13.6. The molecule has 1 unspecified atom stereocenters. The second-order valence-corrected chi connectivity index (χ2v) is 5.91. The van der Waals surface area contributed by atoms with Gasteiger partial charge in [-0.1, -0.05) is 12.1 Å². The molecular weight excluding hydrogens is 320 g/mol. The molecule has 126 valence electrons. The summed E-state index contributed by atoms with van der Waals surface area (Å²) in [6.45, 7) is 0. The average Bonchev–Trinajstić information content (AvgIpc) is 3.05. The lowest BCUT2D eigenvalue weighted by Crippen LogP contribution is -2.28. The minimum atomic E-state index is -0.314. The average molecular weight is 336 g/mol. The van der Waals surface area contributed by atoms with Gasteiger partial charge in [-0.05, 0) is 36.1 Å². The molecule has 1 aromatic carbocycles. The van der Waals surface area contributed by atoms with Crippen LogP contribution in [0.3, 0.4) is 0 Å². The highest BCUT2D eigenvalue weighted by molar-refractivity contribution is 5.95. The van der Waals surface area contributed by atoms with Crippen molar-refractivity contribution in [1.82, 2.24) is 20.3 Å². The highest BCUT2D eigenvalue weighted by Gasteiger charge is 2.27. The third-order valence-corrected chi connectivity index (χ3v) is 4.51. The second kappa shape index (κ2) is 6.01. The van der Waals surface area contributed by atoms with E-state index >= 15 is 0 Å². The van der Waals surface area contributed by atoms with Gasteiger partial charge in [-0.25, -0.2) is 9.97 Å². The van der Waals surface area contributed by atoms with Crippen LogP contribution in [-0.2, 0) is 6.42 Å². The SMILES string of the molecule is COc1cccc2c1CCC2NC(=O)c1cc2c(=O)[nH]cnc2cn1. The number of ether oxygens (including phenoxy) is 1. The van der Waals surface area contributed by atoms with E-state index in [4.69, 9.17) is 4.74 Å². The van der Waals surface area contributed by atoms with Crippen molar-refractivity contribution in [3.8, 4) is 5.75 Å². The number of hydrogen-bond acceptors (Lipinski definition) is 5. The Morgan fingerprint density at radius 3 is 3.08 bits per heavy atom. The summed E-state index contributed by atoms with van der Waals surface area (Å²) in [6, 6.07) is 7.22. The van der Waals surface area contributed by atoms with Crippen molar-refractivity contribution in [1.29, 1.82) is 0 Å². The zero-order valence-electron chi connectivity index (χ0n) is 13.6. The van der Waals surface area contributed by atoms with Crippen LogP contribution in [-0.4, -0.2) is 28.0 Å². The third-order valence-electron chi connectivity index (χ3n) is 4.51. The molecule has 1 aliphatic rings. The summed E-state index contributed by atoms with van der Waals surface area (Å²) in [5, 5.41) is 3.34. The number of amides is 1. The van der Waals surface area contributed by atoms with Gasteiger partial charge < -0.3 is 15.0 Å². The summed E-state index contributed by atoms with van der Waals surface area (Å²) in [4.78, 5) is 35.1. The largest absolute Gasteiger partial charge is 0.496 e. The van der Waals surface area contributed by atoms with Crippen LogP contribution in [0.15, 0.2) is 41.6 Å². The molecule has 0 spiro atoms. The highest BCUT2D eigenvalue weighted by atomic mass is 16.5. The van der Waals surface area contributed by atoms with Crippen LogP contribution in [0.1, 0.15) is 34.1 Å². The molecular formula is C18H16N4O3. The molecule has 2 aromatic heterocycles. The van der Waals surface area contributed by atoms with Gasteiger partial charge in [0.15, 0.2) is 0 Å². The zero-order chi connectivity index (χ0) is 17.4. The minimum Gasteiger partial charge on any atom is -0.496 e. The molecule has 7 nitrogen and oxygen atoms in total. The normalized spacial score (nSPS) is 15.8. The molecule has 0 aliphatic heterocycles. The van der Waals surface area contributed by atoms with Crippen molar-refractivity contribution >= 4 is 16.8 Å². The van der Waals surface area contributed by atoms with Gasteiger partial charge in [-0.15, -0.1) is 0 Å². The molecule has 2 N–H and O–H groups in total. The van der Waals surface area contributed by atoms with Crippen LogP contribution >= 0.6 is 0 Å². The molecule has 3 aromatic rings. The van der Waals surface area contributed by atoms with Crippen molar-refractivity contribution in [3.05, 3.63) is 64.0 Å². The Hall–Kier alpha value is -3.22. The van der Waals surface area contributed by atoms with Crippen molar-refractivity contribution in [3.63, 3.8) is 0 Å². The Morgan fingerprint density at radius 2 is 2.24 bits per heavy atom. The maximum Gasteiger partial charge on any atom is 0.270 e. The Morgan fingerprint density at radius 1 is 1.36 bits per heavy atom. The predicted octanol–water partition coefficient (Wildman–Crippen LogP) is 1.74. The number of carbonyl (C=O) groups excluding carboxylic acids is 1. The topological polar surface area (TPSA) is 97.0 Å². The molecule has 0 fully saturated rings. The standard InChI is InChI=1S/C18H16N4O3/c1-25-16-4-2-3-10-11(16)5-6-13(10)22-18(24)14-7-12-15(8-19-14)20-9-21-17(12)23/h2-4,7-9,13H,5-6H2,1H3,(H,22,24)(H,20,21,23). The van der Waals surface area contributed by atoms with E-state index in [1.165, 1.54) is 18.6 Å². The number of nitrogens with one attached hydrogen (secondary N) is 2. The third kappa shape index (κ3) is 2.63. The number of rotatable bonds is 3. The molecule has 0 saturated carbocycles. The number of hydrogen-bond donors (Lipinski definition) is 2. The van der Waals surface area contributed by atoms with Gasteiger partial charge in [0.1, 0.15) is 11.4 Å². The number of fused-ring (bicyclic) bond motifs is 2. The molecule has 0 saturated heterocycles. The summed E-state index contributed by atoms with van der Waals surface area (Å²) >= 11 is 0. The lowest BCUT2D eigenvalue weighted by atomic mass is 10.1. The molecule has 7 heteroatoms. The Kier molecular flexibility index (Phi) is 3.68. The Labute approximate surface area is 143 Å². The van der Waals surface area contributed by atoms with E-state index in [1.54, 1.807) is 7.11 Å². The van der Waals surface area contributed by atoms with E-state index in [2.05, 4.69) is 20.3 Å². The van der Waals surface area contributed by atoms with E-state index < -0.39 is 0 Å². The quantitative estimate of drug-likeness (QED) is 0.759. The number of carbonyl (C=O) groups is 1. The first-order valence-electron chi connectivity index (χ1n) is 7.97. The van der Waals surface area contributed by atoms with E-state index in [9.17, 15) is 9.59 Å². The molecule has 1 atom stereocenters. The number of aromatic amines is 1. The van der Waals surface area contributed by atoms with Crippen molar-refractivity contribution in [2.24, 2.45) is 0 Å². The maximum absolute atomic E-state index is 12.6. The first-order chi connectivity index (χ1) is 12.2. The summed E-state index contributed by atoms with van der Waals surface area (Å²) < 4.78 is 5.39. The van der Waals surface area contributed by atoms with Gasteiger partial charge in [0.05, 0.1) is 36.6 Å². The number of pyridine rings is 1. The number of benzene rings is 1. The molecule has 4 rings (SSSR count). The monoisotopic (exact) mass is 336 g/mol. The molecule has 1 aliphatic carbocycles. The summed E-state index contributed by atoms with van der Waals surface area (Å²) in [6.07, 6.45) is 4.40. The summed E-state index contributed by atoms with van der Waals surface area (Å²) in [5.41, 5.74) is 2.55. The van der Waals surface area contributed by atoms with Crippen molar-refractivity contribution in [2.45, 2.75) is 18.9 Å². The van der Waals surface area contributed by atoms with Crippen LogP contribution < -0.4 is 15.6 Å². The Bertz CT molecular complexity index is 1030. The fraction of sp³-hybridized carbons (Fsp3) is 0.222. The highest BCUT2D eigenvalue weighted by Crippen LogP contribution is 2.36. The van der Waals surface area contributed by atoms with E-state index in [0.29, 0.717) is 10.9 Å². The van der Waals surface area contributed by atoms with Crippen LogP contribution in [0, 0.1) is 0 Å². The molecule has 2 heterocycles. The van der Waals surface area contributed by atoms with Gasteiger partial charge >= 0.3 is 0 Å². The van der Waals surface area contributed by atoms with Gasteiger partial charge in [-0.2, -0.15) is 0 Å². The van der Waals surface area contributed by atoms with Crippen LogP contribution in [0.25, 0.3) is 10.9 Å². The minimum absolute atomic E-state index is 0.0951. The predicted molar refractivity (Wildman–Crippen MR) is 91.7 cm³/mol. The number of H-pyrrole nitrogens is 1. The molecule has 1 amide bonds. The second-order valence-electron chi connectivity index (χ2n) is 5.91. The van der Waals surface area contributed by atoms with Gasteiger partial charge in [0.2, 0.25) is 0 Å². The first-order valence-corrected chi connectivity index (χ1v) is 7.97. The maximum atomic E-state index is 12.6. The lowest BCUT2D eigenvalue weighted by Gasteiger charge is -2.14. The summed E-state index contributed by atoms with van der Waals surface area (Å²) in [7, 11) is 1.64.